The number of halogens is 1. The average molecular weight is 432 g/mol. The lowest BCUT2D eigenvalue weighted by Crippen LogP contribution is -2.43. The molecule has 2 heterocycles. The molecule has 0 aliphatic carbocycles. The molecular formula is C22H26FN3O3S. The number of urea groups is 1. The lowest BCUT2D eigenvalue weighted by Gasteiger charge is -2.28. The van der Waals surface area contributed by atoms with Crippen LogP contribution in [0.3, 0.4) is 0 Å². The number of likely N-dealkylation sites (tertiary alicyclic amines) is 1. The lowest BCUT2D eigenvalue weighted by atomic mass is 10.00. The number of anilines is 1. The van der Waals surface area contributed by atoms with Crippen LogP contribution in [0.15, 0.2) is 42.5 Å². The van der Waals surface area contributed by atoms with Gasteiger partial charge in [-0.3, -0.25) is 4.90 Å². The molecule has 160 valence electrons. The zero-order valence-corrected chi connectivity index (χ0v) is 17.8. The van der Waals surface area contributed by atoms with E-state index in [1.165, 1.54) is 6.07 Å². The molecule has 6 nitrogen and oxygen atoms in total. The number of hydrogen-bond donors (Lipinski definition) is 1. The number of hydrogen-bond acceptors (Lipinski definition) is 3. The largest absolute Gasteiger partial charge is 0.324 e. The normalized spacial score (nSPS) is 19.5. The van der Waals surface area contributed by atoms with Gasteiger partial charge < -0.3 is 4.90 Å². The summed E-state index contributed by atoms with van der Waals surface area (Å²) in [6, 6.07) is 12.1. The van der Waals surface area contributed by atoms with Gasteiger partial charge in [0.05, 0.1) is 11.9 Å². The molecule has 1 saturated heterocycles. The maximum atomic E-state index is 14.5. The van der Waals surface area contributed by atoms with Crippen molar-refractivity contribution >= 4 is 21.7 Å². The molecule has 0 radical (unpaired) electrons. The molecule has 1 atom stereocenters. The number of nitrogens with one attached hydrogen (secondary N) is 1. The molecule has 2 aliphatic rings. The van der Waals surface area contributed by atoms with Gasteiger partial charge in [0.25, 0.3) is 0 Å². The van der Waals surface area contributed by atoms with Crippen LogP contribution in [0.2, 0.25) is 0 Å². The van der Waals surface area contributed by atoms with E-state index in [0.29, 0.717) is 38.0 Å². The van der Waals surface area contributed by atoms with Crippen LogP contribution in [-0.2, 0) is 16.4 Å². The molecule has 8 heteroatoms. The number of rotatable bonds is 3. The van der Waals surface area contributed by atoms with Crippen molar-refractivity contribution in [3.05, 3.63) is 53.8 Å². The Morgan fingerprint density at radius 2 is 1.80 bits per heavy atom. The van der Waals surface area contributed by atoms with Gasteiger partial charge in [0.2, 0.25) is 10.0 Å². The van der Waals surface area contributed by atoms with Crippen LogP contribution >= 0.6 is 0 Å². The number of sulfonamides is 1. The molecule has 30 heavy (non-hydrogen) atoms. The van der Waals surface area contributed by atoms with Crippen molar-refractivity contribution in [2.75, 3.05) is 30.8 Å². The minimum Gasteiger partial charge on any atom is -0.324 e. The van der Waals surface area contributed by atoms with Crippen LogP contribution in [0.25, 0.3) is 11.1 Å². The third-order valence-electron chi connectivity index (χ3n) is 5.77. The second-order valence-electron chi connectivity index (χ2n) is 7.98. The Hall–Kier alpha value is -2.45. The summed E-state index contributed by atoms with van der Waals surface area (Å²) in [6.07, 6.45) is 3.90. The van der Waals surface area contributed by atoms with Gasteiger partial charge in [-0.1, -0.05) is 36.4 Å². The van der Waals surface area contributed by atoms with E-state index in [-0.39, 0.29) is 17.9 Å². The average Bonchev–Trinajstić information content (AvgIpc) is 3.00. The van der Waals surface area contributed by atoms with Gasteiger partial charge in [0.15, 0.2) is 0 Å². The highest BCUT2D eigenvalue weighted by Crippen LogP contribution is 2.39. The molecule has 0 unspecified atom stereocenters. The van der Waals surface area contributed by atoms with Crippen molar-refractivity contribution in [3.8, 4) is 11.1 Å². The second-order valence-corrected chi connectivity index (χ2v) is 9.76. The Morgan fingerprint density at radius 3 is 2.57 bits per heavy atom. The molecule has 1 fully saturated rings. The summed E-state index contributed by atoms with van der Waals surface area (Å²) in [4.78, 5) is 16.9. The fraction of sp³-hybridized carbons (Fsp3) is 0.409. The van der Waals surface area contributed by atoms with Crippen LogP contribution in [0, 0.1) is 5.82 Å². The van der Waals surface area contributed by atoms with E-state index in [0.717, 1.165) is 35.9 Å². The van der Waals surface area contributed by atoms with Gasteiger partial charge in [-0.2, -0.15) is 0 Å². The van der Waals surface area contributed by atoms with E-state index in [1.54, 1.807) is 28.0 Å². The van der Waals surface area contributed by atoms with Crippen molar-refractivity contribution in [2.45, 2.75) is 31.7 Å². The van der Waals surface area contributed by atoms with Gasteiger partial charge in [-0.25, -0.2) is 22.3 Å². The first-order valence-corrected chi connectivity index (χ1v) is 12.1. The molecule has 0 spiro atoms. The molecular weight excluding hydrogens is 405 g/mol. The predicted molar refractivity (Wildman–Crippen MR) is 115 cm³/mol. The highest BCUT2D eigenvalue weighted by Gasteiger charge is 2.32. The maximum Gasteiger partial charge on any atom is 0.324 e. The molecule has 0 saturated carbocycles. The quantitative estimate of drug-likeness (QED) is 0.810. The van der Waals surface area contributed by atoms with E-state index in [2.05, 4.69) is 4.72 Å². The van der Waals surface area contributed by atoms with E-state index < -0.39 is 10.0 Å². The van der Waals surface area contributed by atoms with Crippen LogP contribution in [0.4, 0.5) is 14.9 Å². The number of fused-ring (bicyclic) bond motifs is 1. The molecule has 2 amide bonds. The summed E-state index contributed by atoms with van der Waals surface area (Å²) in [5, 5.41) is 0. The lowest BCUT2D eigenvalue weighted by molar-refractivity contribution is 0.207. The predicted octanol–water partition coefficient (Wildman–Crippen LogP) is 3.38. The summed E-state index contributed by atoms with van der Waals surface area (Å²) in [6.45, 7) is 1.62. The topological polar surface area (TPSA) is 69.7 Å². The summed E-state index contributed by atoms with van der Waals surface area (Å²) >= 11 is 0. The first-order chi connectivity index (χ1) is 14.3. The number of carbonyl (C=O) groups excluding carboxylic acids is 1. The Morgan fingerprint density at radius 1 is 1.03 bits per heavy atom. The number of para-hydroxylation sites is 1. The van der Waals surface area contributed by atoms with Crippen molar-refractivity contribution in [1.29, 1.82) is 0 Å². The molecule has 0 aromatic heterocycles. The van der Waals surface area contributed by atoms with Crippen molar-refractivity contribution in [2.24, 2.45) is 0 Å². The van der Waals surface area contributed by atoms with Gasteiger partial charge in [0, 0.05) is 36.8 Å². The van der Waals surface area contributed by atoms with Crippen LogP contribution < -0.4 is 9.62 Å². The Bertz CT molecular complexity index is 1060. The molecule has 1 N–H and O–H groups in total. The van der Waals surface area contributed by atoms with E-state index in [4.69, 9.17) is 0 Å². The zero-order valence-electron chi connectivity index (χ0n) is 17.0. The highest BCUT2D eigenvalue weighted by molar-refractivity contribution is 7.88. The number of benzene rings is 2. The first-order valence-electron chi connectivity index (χ1n) is 10.2. The Kier molecular flexibility index (Phi) is 5.79. The third-order valence-corrected chi connectivity index (χ3v) is 6.53. The smallest absolute Gasteiger partial charge is 0.324 e. The molecule has 2 aromatic rings. The number of amides is 2. The van der Waals surface area contributed by atoms with Crippen molar-refractivity contribution in [1.82, 2.24) is 9.62 Å². The van der Waals surface area contributed by atoms with Crippen LogP contribution in [0.1, 0.15) is 24.8 Å². The van der Waals surface area contributed by atoms with Crippen molar-refractivity contribution < 1.29 is 17.6 Å². The second kappa shape index (κ2) is 8.35. The molecule has 2 aliphatic heterocycles. The first kappa shape index (κ1) is 20.8. The van der Waals surface area contributed by atoms with E-state index in [1.807, 2.05) is 18.2 Å². The summed E-state index contributed by atoms with van der Waals surface area (Å²) in [5.74, 6) is -0.310. The van der Waals surface area contributed by atoms with Gasteiger partial charge >= 0.3 is 6.03 Å². The summed E-state index contributed by atoms with van der Waals surface area (Å²) in [7, 11) is -3.27. The van der Waals surface area contributed by atoms with E-state index in [9.17, 15) is 17.6 Å². The molecule has 0 bridgehead atoms. The third kappa shape index (κ3) is 4.34. The van der Waals surface area contributed by atoms with Gasteiger partial charge in [0.1, 0.15) is 5.82 Å². The standard InChI is InChI=1S/C22H26FN3O3S/c1-30(28,29)24-17-7-5-13-25(14-12-17)22(27)26-15-11-16-6-4-9-19(21(16)26)18-8-2-3-10-20(18)23/h2-4,6,8-10,17,24H,5,7,11-15H2,1H3/t17-/m0/s1. The number of carbonyl (C=O) groups is 1. The SMILES string of the molecule is CS(=O)(=O)N[C@H]1CCCN(C(=O)N2CCc3cccc(-c4ccccc4F)c32)CC1. The minimum atomic E-state index is -3.27. The van der Waals surface area contributed by atoms with Crippen LogP contribution in [-0.4, -0.2) is 51.3 Å². The van der Waals surface area contributed by atoms with Gasteiger partial charge in [-0.05, 0) is 37.3 Å². The summed E-state index contributed by atoms with van der Waals surface area (Å²) < 4.78 is 40.2. The fourth-order valence-electron chi connectivity index (χ4n) is 4.42. The molecule has 4 rings (SSSR count). The highest BCUT2D eigenvalue weighted by atomic mass is 32.2. The monoisotopic (exact) mass is 431 g/mol. The Labute approximate surface area is 176 Å². The summed E-state index contributed by atoms with van der Waals surface area (Å²) in [5.41, 5.74) is 3.03. The number of nitrogens with zero attached hydrogens (tertiary/aromatic N) is 2. The molecule has 2 aromatic carbocycles. The zero-order chi connectivity index (χ0) is 21.3. The van der Waals surface area contributed by atoms with Crippen molar-refractivity contribution in [3.63, 3.8) is 0 Å². The fourth-order valence-corrected chi connectivity index (χ4v) is 5.26. The van der Waals surface area contributed by atoms with Gasteiger partial charge in [-0.15, -0.1) is 0 Å². The Balaban J connectivity index is 1.58. The van der Waals surface area contributed by atoms with E-state index >= 15 is 0 Å². The maximum absolute atomic E-state index is 14.5. The minimum absolute atomic E-state index is 0.0995. The van der Waals surface area contributed by atoms with Crippen LogP contribution in [0.5, 0.6) is 0 Å².